The highest BCUT2D eigenvalue weighted by Crippen LogP contribution is 2.16. The number of rotatable bonds is 2. The predicted octanol–water partition coefficient (Wildman–Crippen LogP) is 2.72. The zero-order chi connectivity index (χ0) is 9.14. The SMILES string of the molecule is CC(=O)Cc1ccc(Br)c(F)c1. The van der Waals surface area contributed by atoms with E-state index in [0.29, 0.717) is 16.5 Å². The molecule has 0 fully saturated rings. The van der Waals surface area contributed by atoms with Gasteiger partial charge >= 0.3 is 0 Å². The summed E-state index contributed by atoms with van der Waals surface area (Å²) in [7, 11) is 0. The van der Waals surface area contributed by atoms with E-state index in [1.807, 2.05) is 0 Å². The van der Waals surface area contributed by atoms with Crippen molar-refractivity contribution in [3.63, 3.8) is 0 Å². The standard InChI is InChI=1S/C9H8BrFO/c1-6(12)4-7-2-3-8(10)9(11)5-7/h2-3,5H,4H2,1H3. The molecular formula is C9H8BrFO. The first-order chi connectivity index (χ1) is 5.59. The molecule has 1 aromatic carbocycles. The van der Waals surface area contributed by atoms with Crippen LogP contribution in [0.3, 0.4) is 0 Å². The van der Waals surface area contributed by atoms with Gasteiger partial charge in [0.15, 0.2) is 0 Å². The molecule has 1 rings (SSSR count). The summed E-state index contributed by atoms with van der Waals surface area (Å²) in [5.41, 5.74) is 0.711. The third-order valence-corrected chi connectivity index (χ3v) is 2.08. The van der Waals surface area contributed by atoms with E-state index in [2.05, 4.69) is 15.9 Å². The molecule has 0 amide bonds. The molecule has 0 atom stereocenters. The van der Waals surface area contributed by atoms with Gasteiger partial charge in [-0.05, 0) is 40.5 Å². The van der Waals surface area contributed by atoms with Crippen LogP contribution in [-0.4, -0.2) is 5.78 Å². The van der Waals surface area contributed by atoms with Crippen LogP contribution in [0.15, 0.2) is 22.7 Å². The molecule has 0 aliphatic carbocycles. The van der Waals surface area contributed by atoms with Crippen molar-refractivity contribution in [2.75, 3.05) is 0 Å². The summed E-state index contributed by atoms with van der Waals surface area (Å²) in [6, 6.07) is 4.70. The largest absolute Gasteiger partial charge is 0.300 e. The topological polar surface area (TPSA) is 17.1 Å². The van der Waals surface area contributed by atoms with Gasteiger partial charge in [-0.1, -0.05) is 6.07 Å². The van der Waals surface area contributed by atoms with Crippen LogP contribution in [0.25, 0.3) is 0 Å². The Labute approximate surface area is 78.7 Å². The van der Waals surface area contributed by atoms with Crippen molar-refractivity contribution in [1.29, 1.82) is 0 Å². The monoisotopic (exact) mass is 230 g/mol. The summed E-state index contributed by atoms with van der Waals surface area (Å²) >= 11 is 3.04. The molecule has 0 saturated heterocycles. The number of benzene rings is 1. The van der Waals surface area contributed by atoms with E-state index in [9.17, 15) is 9.18 Å². The lowest BCUT2D eigenvalue weighted by atomic mass is 10.1. The molecule has 1 aromatic rings. The summed E-state index contributed by atoms with van der Waals surface area (Å²) in [5, 5.41) is 0. The number of ketones is 1. The minimum absolute atomic E-state index is 0.0386. The number of hydrogen-bond acceptors (Lipinski definition) is 1. The van der Waals surface area contributed by atoms with Crippen molar-refractivity contribution in [2.24, 2.45) is 0 Å². The van der Waals surface area contributed by atoms with Gasteiger partial charge in [0, 0.05) is 6.42 Å². The van der Waals surface area contributed by atoms with Gasteiger partial charge in [0.2, 0.25) is 0 Å². The van der Waals surface area contributed by atoms with Crippen LogP contribution in [0.1, 0.15) is 12.5 Å². The van der Waals surface area contributed by atoms with Crippen LogP contribution in [-0.2, 0) is 11.2 Å². The first-order valence-electron chi connectivity index (χ1n) is 3.53. The van der Waals surface area contributed by atoms with Gasteiger partial charge in [-0.25, -0.2) is 4.39 Å². The Balaban J connectivity index is 2.89. The summed E-state index contributed by atoms with van der Waals surface area (Å²) in [6.45, 7) is 1.49. The maximum absolute atomic E-state index is 12.9. The third-order valence-electron chi connectivity index (χ3n) is 1.44. The number of halogens is 2. The average molecular weight is 231 g/mol. The Morgan fingerprint density at radius 2 is 2.25 bits per heavy atom. The number of Topliss-reactive ketones (excluding diaryl/α,β-unsaturated/α-hetero) is 1. The molecule has 0 unspecified atom stereocenters. The third kappa shape index (κ3) is 2.41. The minimum atomic E-state index is -0.325. The molecule has 0 saturated carbocycles. The van der Waals surface area contributed by atoms with E-state index >= 15 is 0 Å². The van der Waals surface area contributed by atoms with Gasteiger partial charge in [0.25, 0.3) is 0 Å². The molecule has 0 heterocycles. The highest BCUT2D eigenvalue weighted by atomic mass is 79.9. The molecule has 3 heteroatoms. The average Bonchev–Trinajstić information content (AvgIpc) is 1.96. The quantitative estimate of drug-likeness (QED) is 0.764. The molecule has 12 heavy (non-hydrogen) atoms. The van der Waals surface area contributed by atoms with Gasteiger partial charge in [-0.2, -0.15) is 0 Å². The molecular weight excluding hydrogens is 223 g/mol. The van der Waals surface area contributed by atoms with E-state index in [4.69, 9.17) is 0 Å². The Hall–Kier alpha value is -0.700. The van der Waals surface area contributed by atoms with Crippen LogP contribution >= 0.6 is 15.9 Å². The van der Waals surface area contributed by atoms with Crippen molar-refractivity contribution in [3.05, 3.63) is 34.1 Å². The smallest absolute Gasteiger partial charge is 0.137 e. The van der Waals surface area contributed by atoms with Crippen molar-refractivity contribution in [2.45, 2.75) is 13.3 Å². The molecule has 0 aliphatic rings. The second-order valence-electron chi connectivity index (χ2n) is 2.63. The number of carbonyl (C=O) groups excluding carboxylic acids is 1. The lowest BCUT2D eigenvalue weighted by Gasteiger charge is -1.98. The van der Waals surface area contributed by atoms with E-state index in [0.717, 1.165) is 0 Å². The highest BCUT2D eigenvalue weighted by Gasteiger charge is 2.01. The normalized spacial score (nSPS) is 9.92. The summed E-state index contributed by atoms with van der Waals surface area (Å²) in [4.78, 5) is 10.7. The number of hydrogen-bond donors (Lipinski definition) is 0. The minimum Gasteiger partial charge on any atom is -0.300 e. The van der Waals surface area contributed by atoms with E-state index in [1.54, 1.807) is 12.1 Å². The lowest BCUT2D eigenvalue weighted by Crippen LogP contribution is -1.96. The zero-order valence-corrected chi connectivity index (χ0v) is 8.19. The molecule has 0 radical (unpaired) electrons. The summed E-state index contributed by atoms with van der Waals surface area (Å²) in [5.74, 6) is -0.287. The molecule has 64 valence electrons. The van der Waals surface area contributed by atoms with Crippen molar-refractivity contribution in [3.8, 4) is 0 Å². The van der Waals surface area contributed by atoms with Crippen LogP contribution < -0.4 is 0 Å². The molecule has 0 bridgehead atoms. The zero-order valence-electron chi connectivity index (χ0n) is 6.60. The summed E-state index contributed by atoms with van der Waals surface area (Å²) < 4.78 is 13.3. The van der Waals surface area contributed by atoms with Gasteiger partial charge in [-0.15, -0.1) is 0 Å². The molecule has 0 aliphatic heterocycles. The van der Waals surface area contributed by atoms with Crippen LogP contribution in [0.5, 0.6) is 0 Å². The second-order valence-corrected chi connectivity index (χ2v) is 3.48. The fourth-order valence-electron chi connectivity index (χ4n) is 0.937. The van der Waals surface area contributed by atoms with E-state index in [1.165, 1.54) is 13.0 Å². The fraction of sp³-hybridized carbons (Fsp3) is 0.222. The van der Waals surface area contributed by atoms with Crippen molar-refractivity contribution < 1.29 is 9.18 Å². The van der Waals surface area contributed by atoms with Crippen molar-refractivity contribution >= 4 is 21.7 Å². The van der Waals surface area contributed by atoms with Crippen LogP contribution in [0.4, 0.5) is 4.39 Å². The Bertz CT molecular complexity index is 309. The second kappa shape index (κ2) is 3.81. The Morgan fingerprint density at radius 1 is 1.58 bits per heavy atom. The fourth-order valence-corrected chi connectivity index (χ4v) is 1.18. The Kier molecular flexibility index (Phi) is 2.98. The maximum atomic E-state index is 12.9. The number of carbonyl (C=O) groups is 1. The maximum Gasteiger partial charge on any atom is 0.137 e. The molecule has 0 aromatic heterocycles. The first kappa shape index (κ1) is 9.39. The molecule has 0 N–H and O–H groups in total. The Morgan fingerprint density at radius 3 is 2.75 bits per heavy atom. The lowest BCUT2D eigenvalue weighted by molar-refractivity contribution is -0.116. The van der Waals surface area contributed by atoms with Gasteiger partial charge in [0.05, 0.1) is 4.47 Å². The van der Waals surface area contributed by atoms with Gasteiger partial charge in [-0.3, -0.25) is 4.79 Å². The van der Waals surface area contributed by atoms with Crippen molar-refractivity contribution in [1.82, 2.24) is 0 Å². The first-order valence-corrected chi connectivity index (χ1v) is 4.32. The van der Waals surface area contributed by atoms with Crippen LogP contribution in [0, 0.1) is 5.82 Å². The predicted molar refractivity (Wildman–Crippen MR) is 48.5 cm³/mol. The van der Waals surface area contributed by atoms with E-state index in [-0.39, 0.29) is 11.6 Å². The van der Waals surface area contributed by atoms with E-state index < -0.39 is 0 Å². The van der Waals surface area contributed by atoms with Crippen LogP contribution in [0.2, 0.25) is 0 Å². The van der Waals surface area contributed by atoms with Gasteiger partial charge in [0.1, 0.15) is 11.6 Å². The van der Waals surface area contributed by atoms with Gasteiger partial charge < -0.3 is 0 Å². The summed E-state index contributed by atoms with van der Waals surface area (Å²) in [6.07, 6.45) is 0.296. The molecule has 0 spiro atoms. The molecule has 1 nitrogen and oxygen atoms in total. The highest BCUT2D eigenvalue weighted by molar-refractivity contribution is 9.10.